The third-order valence-corrected chi connectivity index (χ3v) is 4.91. The Hall–Kier alpha value is -1.83. The zero-order valence-electron chi connectivity index (χ0n) is 14.3. The van der Waals surface area contributed by atoms with Crippen molar-refractivity contribution in [1.29, 1.82) is 0 Å². The molecule has 1 atom stereocenters. The van der Waals surface area contributed by atoms with E-state index in [-0.39, 0.29) is 11.9 Å². The number of hydrogen-bond acceptors (Lipinski definition) is 3. The Labute approximate surface area is 149 Å². The summed E-state index contributed by atoms with van der Waals surface area (Å²) in [5, 5.41) is 0. The molecule has 2 saturated heterocycles. The maximum absolute atomic E-state index is 12.9. The minimum atomic E-state index is -4.55. The standard InChI is InChI=1S/C18H22F4N2O2/c19-17(20)18(21,22)26-15-7-5-13(6-8-15)16(25)24-11-3-4-14(24)12-23-9-1-2-10-23/h5-8,14,17H,1-4,9-12H2/t14-/m0/s1. The lowest BCUT2D eigenvalue weighted by Crippen LogP contribution is -2.42. The van der Waals surface area contributed by atoms with Crippen LogP contribution in [-0.4, -0.2) is 60.5 Å². The summed E-state index contributed by atoms with van der Waals surface area (Å²) in [6.45, 7) is 3.64. The molecular weight excluding hydrogens is 352 g/mol. The van der Waals surface area contributed by atoms with Gasteiger partial charge in [-0.3, -0.25) is 4.79 Å². The fraction of sp³-hybridized carbons (Fsp3) is 0.611. The predicted octanol–water partition coefficient (Wildman–Crippen LogP) is 3.62. The first-order chi connectivity index (χ1) is 12.4. The number of benzene rings is 1. The van der Waals surface area contributed by atoms with Crippen molar-refractivity contribution in [1.82, 2.24) is 9.80 Å². The second-order valence-corrected chi connectivity index (χ2v) is 6.79. The van der Waals surface area contributed by atoms with E-state index in [9.17, 15) is 22.4 Å². The summed E-state index contributed by atoms with van der Waals surface area (Å²) in [6.07, 6.45) is -4.21. The maximum Gasteiger partial charge on any atom is 0.461 e. The number of halogens is 4. The van der Waals surface area contributed by atoms with Gasteiger partial charge in [-0.15, -0.1) is 0 Å². The zero-order valence-corrected chi connectivity index (χ0v) is 14.3. The van der Waals surface area contributed by atoms with Gasteiger partial charge in [0.1, 0.15) is 5.75 Å². The molecule has 26 heavy (non-hydrogen) atoms. The van der Waals surface area contributed by atoms with Crippen molar-refractivity contribution < 1.29 is 27.1 Å². The van der Waals surface area contributed by atoms with Gasteiger partial charge in [0.2, 0.25) is 0 Å². The largest absolute Gasteiger partial charge is 0.461 e. The van der Waals surface area contributed by atoms with Crippen molar-refractivity contribution in [3.63, 3.8) is 0 Å². The van der Waals surface area contributed by atoms with Crippen LogP contribution in [0.4, 0.5) is 17.6 Å². The number of alkyl halides is 4. The number of hydrogen-bond donors (Lipinski definition) is 0. The third-order valence-electron chi connectivity index (χ3n) is 4.91. The molecule has 1 aromatic carbocycles. The van der Waals surface area contributed by atoms with Gasteiger partial charge in [-0.25, -0.2) is 0 Å². The van der Waals surface area contributed by atoms with E-state index in [0.717, 1.165) is 44.6 Å². The van der Waals surface area contributed by atoms with Crippen LogP contribution in [0.25, 0.3) is 0 Å². The molecule has 2 aliphatic rings. The molecule has 0 radical (unpaired) electrons. The molecule has 0 spiro atoms. The second kappa shape index (κ2) is 7.82. The molecule has 0 unspecified atom stereocenters. The number of likely N-dealkylation sites (tertiary alicyclic amines) is 2. The van der Waals surface area contributed by atoms with Crippen LogP contribution in [0.1, 0.15) is 36.0 Å². The molecule has 0 aromatic heterocycles. The summed E-state index contributed by atoms with van der Waals surface area (Å²) in [6, 6.07) is 5.07. The van der Waals surface area contributed by atoms with Gasteiger partial charge in [-0.1, -0.05) is 0 Å². The monoisotopic (exact) mass is 374 g/mol. The van der Waals surface area contributed by atoms with Gasteiger partial charge in [0, 0.05) is 24.7 Å². The lowest BCUT2D eigenvalue weighted by atomic mass is 10.1. The van der Waals surface area contributed by atoms with Crippen LogP contribution in [0.2, 0.25) is 0 Å². The van der Waals surface area contributed by atoms with E-state index >= 15 is 0 Å². The molecule has 144 valence electrons. The van der Waals surface area contributed by atoms with Crippen molar-refractivity contribution in [2.24, 2.45) is 0 Å². The van der Waals surface area contributed by atoms with E-state index < -0.39 is 18.3 Å². The van der Waals surface area contributed by atoms with Crippen molar-refractivity contribution in [2.45, 2.75) is 44.3 Å². The summed E-state index contributed by atoms with van der Waals surface area (Å²) >= 11 is 0. The van der Waals surface area contributed by atoms with Gasteiger partial charge in [0.15, 0.2) is 0 Å². The number of carbonyl (C=O) groups excluding carboxylic acids is 1. The Kier molecular flexibility index (Phi) is 5.70. The quantitative estimate of drug-likeness (QED) is 0.713. The first-order valence-electron chi connectivity index (χ1n) is 8.85. The van der Waals surface area contributed by atoms with E-state index in [1.54, 1.807) is 0 Å². The molecular formula is C18H22F4N2O2. The van der Waals surface area contributed by atoms with Crippen LogP contribution in [0.3, 0.4) is 0 Å². The molecule has 0 saturated carbocycles. The minimum Gasteiger partial charge on any atom is -0.428 e. The van der Waals surface area contributed by atoms with Gasteiger partial charge >= 0.3 is 12.5 Å². The summed E-state index contributed by atoms with van der Waals surface area (Å²) < 4.78 is 54.2. The number of amides is 1. The van der Waals surface area contributed by atoms with Crippen LogP contribution in [-0.2, 0) is 0 Å². The molecule has 2 heterocycles. The minimum absolute atomic E-state index is 0.152. The summed E-state index contributed by atoms with van der Waals surface area (Å²) in [4.78, 5) is 16.9. The van der Waals surface area contributed by atoms with E-state index in [2.05, 4.69) is 9.64 Å². The Morgan fingerprint density at radius 1 is 1.12 bits per heavy atom. The molecule has 1 aromatic rings. The number of rotatable bonds is 6. The van der Waals surface area contributed by atoms with Crippen LogP contribution in [0, 0.1) is 0 Å². The molecule has 0 aliphatic carbocycles. The highest BCUT2D eigenvalue weighted by Crippen LogP contribution is 2.28. The Bertz CT molecular complexity index is 618. The summed E-state index contributed by atoms with van der Waals surface area (Å²) in [5.74, 6) is -0.569. The normalized spacial score (nSPS) is 21.6. The first-order valence-corrected chi connectivity index (χ1v) is 8.85. The van der Waals surface area contributed by atoms with Crippen LogP contribution in [0.15, 0.2) is 24.3 Å². The molecule has 2 aliphatic heterocycles. The molecule has 3 rings (SSSR count). The average Bonchev–Trinajstić information content (AvgIpc) is 3.27. The number of carbonyl (C=O) groups is 1. The topological polar surface area (TPSA) is 32.8 Å². The van der Waals surface area contributed by atoms with Crippen LogP contribution < -0.4 is 4.74 Å². The predicted molar refractivity (Wildman–Crippen MR) is 87.8 cm³/mol. The SMILES string of the molecule is O=C(c1ccc(OC(F)(F)C(F)F)cc1)N1CCC[C@H]1CN1CCCC1. The molecule has 0 N–H and O–H groups in total. The zero-order chi connectivity index (χ0) is 18.7. The average molecular weight is 374 g/mol. The van der Waals surface area contributed by atoms with Gasteiger partial charge < -0.3 is 14.5 Å². The molecule has 8 heteroatoms. The Balaban J connectivity index is 1.63. The van der Waals surface area contributed by atoms with E-state index in [1.165, 1.54) is 25.0 Å². The maximum atomic E-state index is 12.9. The fourth-order valence-corrected chi connectivity index (χ4v) is 3.59. The highest BCUT2D eigenvalue weighted by atomic mass is 19.3. The van der Waals surface area contributed by atoms with Crippen molar-refractivity contribution in [2.75, 3.05) is 26.2 Å². The number of nitrogens with zero attached hydrogens (tertiary/aromatic N) is 2. The van der Waals surface area contributed by atoms with Gasteiger partial charge in [0.05, 0.1) is 0 Å². The lowest BCUT2D eigenvalue weighted by molar-refractivity contribution is -0.253. The summed E-state index contributed by atoms with van der Waals surface area (Å²) in [5.41, 5.74) is 0.339. The molecule has 0 bridgehead atoms. The van der Waals surface area contributed by atoms with Crippen LogP contribution in [0.5, 0.6) is 5.75 Å². The van der Waals surface area contributed by atoms with Crippen molar-refractivity contribution >= 4 is 5.91 Å². The third kappa shape index (κ3) is 4.28. The van der Waals surface area contributed by atoms with Crippen molar-refractivity contribution in [3.05, 3.63) is 29.8 Å². The highest BCUT2D eigenvalue weighted by molar-refractivity contribution is 5.94. The smallest absolute Gasteiger partial charge is 0.428 e. The fourth-order valence-electron chi connectivity index (χ4n) is 3.59. The van der Waals surface area contributed by atoms with Gasteiger partial charge in [-0.2, -0.15) is 17.6 Å². The van der Waals surface area contributed by atoms with Gasteiger partial charge in [-0.05, 0) is 63.0 Å². The summed E-state index contributed by atoms with van der Waals surface area (Å²) in [7, 11) is 0. The molecule has 2 fully saturated rings. The van der Waals surface area contributed by atoms with Gasteiger partial charge in [0.25, 0.3) is 5.91 Å². The van der Waals surface area contributed by atoms with E-state index in [1.807, 2.05) is 4.90 Å². The van der Waals surface area contributed by atoms with Crippen LogP contribution >= 0.6 is 0 Å². The highest BCUT2D eigenvalue weighted by Gasteiger charge is 2.44. The van der Waals surface area contributed by atoms with E-state index in [4.69, 9.17) is 0 Å². The molecule has 4 nitrogen and oxygen atoms in total. The number of ether oxygens (including phenoxy) is 1. The second-order valence-electron chi connectivity index (χ2n) is 6.79. The molecule has 1 amide bonds. The Morgan fingerprint density at radius 2 is 1.77 bits per heavy atom. The van der Waals surface area contributed by atoms with Crippen molar-refractivity contribution in [3.8, 4) is 5.75 Å². The first kappa shape index (κ1) is 18.9. The van der Waals surface area contributed by atoms with E-state index in [0.29, 0.717) is 12.1 Å². The Morgan fingerprint density at radius 3 is 2.38 bits per heavy atom. The lowest BCUT2D eigenvalue weighted by Gasteiger charge is -2.28.